The minimum absolute atomic E-state index is 0.172. The predicted molar refractivity (Wildman–Crippen MR) is 98.2 cm³/mol. The molecule has 0 aliphatic carbocycles. The molecule has 1 heterocycles. The van der Waals surface area contributed by atoms with E-state index in [1.807, 2.05) is 56.3 Å². The van der Waals surface area contributed by atoms with Gasteiger partial charge in [-0.05, 0) is 49.6 Å². The van der Waals surface area contributed by atoms with Crippen LogP contribution in [0.3, 0.4) is 0 Å². The molecule has 1 amide bonds. The summed E-state index contributed by atoms with van der Waals surface area (Å²) in [5.41, 5.74) is 3.92. The molecule has 7 heteroatoms. The third kappa shape index (κ3) is 4.05. The number of benzene rings is 2. The smallest absolute Gasteiger partial charge is 0.235 e. The molecule has 134 valence electrons. The van der Waals surface area contributed by atoms with E-state index in [0.717, 1.165) is 28.1 Å². The summed E-state index contributed by atoms with van der Waals surface area (Å²) in [7, 11) is 1.62. The zero-order valence-electron chi connectivity index (χ0n) is 15.0. The highest BCUT2D eigenvalue weighted by atomic mass is 16.5. The Morgan fingerprint density at radius 2 is 1.96 bits per heavy atom. The van der Waals surface area contributed by atoms with Crippen LogP contribution in [0, 0.1) is 13.8 Å². The van der Waals surface area contributed by atoms with Crippen LogP contribution in [0.5, 0.6) is 5.75 Å². The van der Waals surface area contributed by atoms with Gasteiger partial charge in [0.2, 0.25) is 5.91 Å². The van der Waals surface area contributed by atoms with Gasteiger partial charge in [-0.25, -0.2) is 0 Å². The molecule has 2 aromatic carbocycles. The second-order valence-corrected chi connectivity index (χ2v) is 6.18. The van der Waals surface area contributed by atoms with E-state index in [9.17, 15) is 4.79 Å². The number of aromatic amines is 1. The molecule has 0 aliphatic heterocycles. The fourth-order valence-corrected chi connectivity index (χ4v) is 2.79. The van der Waals surface area contributed by atoms with Crippen molar-refractivity contribution in [3.63, 3.8) is 0 Å². The molecular formula is C19H21N5O2. The first-order valence-electron chi connectivity index (χ1n) is 8.31. The first-order chi connectivity index (χ1) is 12.6. The number of ether oxygens (including phenoxy) is 1. The van der Waals surface area contributed by atoms with Crippen molar-refractivity contribution in [1.29, 1.82) is 0 Å². The van der Waals surface area contributed by atoms with E-state index in [1.54, 1.807) is 7.11 Å². The number of rotatable bonds is 6. The maximum Gasteiger partial charge on any atom is 0.235 e. The van der Waals surface area contributed by atoms with Crippen molar-refractivity contribution in [2.75, 3.05) is 12.4 Å². The summed E-state index contributed by atoms with van der Waals surface area (Å²) in [5, 5.41) is 17.0. The van der Waals surface area contributed by atoms with Crippen molar-refractivity contribution in [1.82, 2.24) is 20.6 Å². The number of hydrogen-bond acceptors (Lipinski definition) is 5. The van der Waals surface area contributed by atoms with Gasteiger partial charge in [-0.3, -0.25) is 4.79 Å². The fraction of sp³-hybridized carbons (Fsp3) is 0.263. The molecule has 0 bridgehead atoms. The largest absolute Gasteiger partial charge is 0.497 e. The number of methoxy groups -OCH3 is 1. The van der Waals surface area contributed by atoms with E-state index >= 15 is 0 Å². The van der Waals surface area contributed by atoms with E-state index in [1.165, 1.54) is 0 Å². The Hall–Kier alpha value is -3.22. The van der Waals surface area contributed by atoms with Crippen molar-refractivity contribution in [3.05, 3.63) is 65.0 Å². The monoisotopic (exact) mass is 351 g/mol. The molecule has 2 N–H and O–H groups in total. The number of hydrogen-bond donors (Lipinski definition) is 2. The van der Waals surface area contributed by atoms with Crippen LogP contribution in [0.25, 0.3) is 0 Å². The Labute approximate surface area is 151 Å². The maximum atomic E-state index is 12.9. The summed E-state index contributed by atoms with van der Waals surface area (Å²) in [6.07, 6.45) is 0.459. The van der Waals surface area contributed by atoms with Crippen LogP contribution < -0.4 is 10.1 Å². The number of carbonyl (C=O) groups is 1. The van der Waals surface area contributed by atoms with Crippen LogP contribution in [0.4, 0.5) is 5.69 Å². The molecule has 0 saturated carbocycles. The van der Waals surface area contributed by atoms with Crippen LogP contribution in [0.15, 0.2) is 42.5 Å². The number of aryl methyl sites for hydroxylation is 2. The number of aromatic nitrogens is 4. The Balaban J connectivity index is 1.82. The number of nitrogens with zero attached hydrogens (tertiary/aromatic N) is 3. The van der Waals surface area contributed by atoms with Gasteiger partial charge in [0.05, 0.1) is 7.11 Å². The first-order valence-corrected chi connectivity index (χ1v) is 8.31. The molecule has 0 aliphatic rings. The lowest BCUT2D eigenvalue weighted by Gasteiger charge is -2.15. The summed E-state index contributed by atoms with van der Waals surface area (Å²) < 4.78 is 5.18. The standard InChI is InChI=1S/C19H21N5O2/c1-12-4-9-17(13(2)10-12)20-19(25)16(18-21-23-24-22-18)11-14-5-7-15(26-3)8-6-14/h4-10,16H,11H2,1-3H3,(H,20,25)(H,21,22,23,24). The molecule has 0 spiro atoms. The molecule has 26 heavy (non-hydrogen) atoms. The van der Waals surface area contributed by atoms with Gasteiger partial charge in [0, 0.05) is 5.69 Å². The van der Waals surface area contributed by atoms with Gasteiger partial charge in [-0.15, -0.1) is 10.2 Å². The highest BCUT2D eigenvalue weighted by molar-refractivity contribution is 5.96. The van der Waals surface area contributed by atoms with Crippen LogP contribution >= 0.6 is 0 Å². The predicted octanol–water partition coefficient (Wildman–Crippen LogP) is 2.79. The topological polar surface area (TPSA) is 92.8 Å². The average Bonchev–Trinajstić information content (AvgIpc) is 3.16. The lowest BCUT2D eigenvalue weighted by atomic mass is 9.97. The number of nitrogens with one attached hydrogen (secondary N) is 2. The quantitative estimate of drug-likeness (QED) is 0.712. The third-order valence-electron chi connectivity index (χ3n) is 4.23. The van der Waals surface area contributed by atoms with E-state index in [-0.39, 0.29) is 5.91 Å². The van der Waals surface area contributed by atoms with Crippen molar-refractivity contribution < 1.29 is 9.53 Å². The normalized spacial score (nSPS) is 11.8. The molecule has 0 radical (unpaired) electrons. The first kappa shape index (κ1) is 17.6. The Morgan fingerprint density at radius 3 is 2.58 bits per heavy atom. The molecule has 1 aromatic heterocycles. The van der Waals surface area contributed by atoms with E-state index in [2.05, 4.69) is 25.9 Å². The second-order valence-electron chi connectivity index (χ2n) is 6.18. The van der Waals surface area contributed by atoms with Crippen molar-refractivity contribution in [2.24, 2.45) is 0 Å². The Kier molecular flexibility index (Phi) is 5.26. The molecule has 3 aromatic rings. The number of H-pyrrole nitrogens is 1. The van der Waals surface area contributed by atoms with Gasteiger partial charge in [-0.2, -0.15) is 5.21 Å². The lowest BCUT2D eigenvalue weighted by molar-refractivity contribution is -0.117. The third-order valence-corrected chi connectivity index (χ3v) is 4.23. The van der Waals surface area contributed by atoms with Gasteiger partial charge in [0.1, 0.15) is 11.7 Å². The number of anilines is 1. The highest BCUT2D eigenvalue weighted by Crippen LogP contribution is 2.23. The molecule has 3 rings (SSSR count). The molecule has 1 atom stereocenters. The van der Waals surface area contributed by atoms with Gasteiger partial charge in [0.15, 0.2) is 5.82 Å². The summed E-state index contributed by atoms with van der Waals surface area (Å²) >= 11 is 0. The van der Waals surface area contributed by atoms with E-state index in [0.29, 0.717) is 12.2 Å². The molecule has 7 nitrogen and oxygen atoms in total. The van der Waals surface area contributed by atoms with Crippen LogP contribution in [0.1, 0.15) is 28.4 Å². The number of carbonyl (C=O) groups excluding carboxylic acids is 1. The Bertz CT molecular complexity index is 875. The number of amides is 1. The SMILES string of the molecule is COc1ccc(CC(C(=O)Nc2ccc(C)cc2C)c2nn[nH]n2)cc1. The zero-order valence-corrected chi connectivity index (χ0v) is 15.0. The van der Waals surface area contributed by atoms with Crippen molar-refractivity contribution >= 4 is 11.6 Å². The minimum Gasteiger partial charge on any atom is -0.497 e. The summed E-state index contributed by atoms with van der Waals surface area (Å²) in [4.78, 5) is 12.9. The molecule has 1 unspecified atom stereocenters. The molecule has 0 fully saturated rings. The molecular weight excluding hydrogens is 330 g/mol. The maximum absolute atomic E-state index is 12.9. The van der Waals surface area contributed by atoms with Crippen molar-refractivity contribution in [2.45, 2.75) is 26.2 Å². The zero-order chi connectivity index (χ0) is 18.5. The van der Waals surface area contributed by atoms with Gasteiger partial charge >= 0.3 is 0 Å². The van der Waals surface area contributed by atoms with Gasteiger partial charge < -0.3 is 10.1 Å². The summed E-state index contributed by atoms with van der Waals surface area (Å²) in [6.45, 7) is 3.99. The summed E-state index contributed by atoms with van der Waals surface area (Å²) in [5.74, 6) is 0.407. The van der Waals surface area contributed by atoms with E-state index in [4.69, 9.17) is 4.74 Å². The minimum atomic E-state index is -0.553. The second kappa shape index (κ2) is 7.77. The Morgan fingerprint density at radius 1 is 1.19 bits per heavy atom. The van der Waals surface area contributed by atoms with Gasteiger partial charge in [0.25, 0.3) is 0 Å². The number of tetrazole rings is 1. The summed E-state index contributed by atoms with van der Waals surface area (Å²) in [6, 6.07) is 13.5. The van der Waals surface area contributed by atoms with Crippen molar-refractivity contribution in [3.8, 4) is 5.75 Å². The van der Waals surface area contributed by atoms with E-state index < -0.39 is 5.92 Å². The lowest BCUT2D eigenvalue weighted by Crippen LogP contribution is -2.24. The van der Waals surface area contributed by atoms with Crippen LogP contribution in [-0.4, -0.2) is 33.6 Å². The van der Waals surface area contributed by atoms with Gasteiger partial charge in [-0.1, -0.05) is 35.0 Å². The average molecular weight is 351 g/mol. The molecule has 0 saturated heterocycles. The highest BCUT2D eigenvalue weighted by Gasteiger charge is 2.25. The fourth-order valence-electron chi connectivity index (χ4n) is 2.79. The van der Waals surface area contributed by atoms with Crippen LogP contribution in [0.2, 0.25) is 0 Å². The van der Waals surface area contributed by atoms with Crippen LogP contribution in [-0.2, 0) is 11.2 Å².